The number of nitrogens with zero attached hydrogens (tertiary/aromatic N) is 1. The number of amides is 1. The van der Waals surface area contributed by atoms with Gasteiger partial charge in [0.15, 0.2) is 0 Å². The minimum absolute atomic E-state index is 0.0503. The number of hydrogen-bond acceptors (Lipinski definition) is 6. The Labute approximate surface area is 232 Å². The van der Waals surface area contributed by atoms with Crippen LogP contribution in [0.3, 0.4) is 0 Å². The van der Waals surface area contributed by atoms with E-state index in [9.17, 15) is 18.3 Å². The predicted octanol–water partition coefficient (Wildman–Crippen LogP) is 4.30. The molecule has 0 aromatic heterocycles. The molecule has 9 heteroatoms. The zero-order valence-electron chi connectivity index (χ0n) is 23.4. The van der Waals surface area contributed by atoms with Crippen LogP contribution < -0.4 is 14.4 Å². The van der Waals surface area contributed by atoms with Crippen LogP contribution in [-0.4, -0.2) is 57.4 Å². The number of rotatable bonds is 11. The van der Waals surface area contributed by atoms with Crippen molar-refractivity contribution in [3.05, 3.63) is 54.1 Å². The van der Waals surface area contributed by atoms with Crippen molar-refractivity contribution in [2.24, 2.45) is 11.8 Å². The van der Waals surface area contributed by atoms with Gasteiger partial charge in [0.05, 0.1) is 35.4 Å². The molecule has 2 unspecified atom stereocenters. The van der Waals surface area contributed by atoms with E-state index in [0.29, 0.717) is 17.0 Å². The van der Waals surface area contributed by atoms with Gasteiger partial charge in [-0.25, -0.2) is 8.42 Å². The van der Waals surface area contributed by atoms with Gasteiger partial charge in [-0.3, -0.25) is 9.10 Å². The molecule has 1 saturated heterocycles. The van der Waals surface area contributed by atoms with Crippen LogP contribution in [-0.2, 0) is 26.0 Å². The largest absolute Gasteiger partial charge is 0.497 e. The first-order valence-corrected chi connectivity index (χ1v) is 15.4. The fraction of sp³-hybridized carbons (Fsp3) is 0.567. The molecular weight excluding hydrogens is 516 g/mol. The standard InChI is InChI=1S/C30H42N2O6S/c1-21(2)20-32(39(35,36)26-12-10-25(37-4)11-13-26)27-9-6-5-8-23(27)18-28(33)22(3)31-29(34)24-14-16-30(19-24)15-7-17-38-30/h5-6,8-13,21-22,24,28,33H,7,14-20H2,1-4H3,(H,31,34)/t22-,24?,28+,30?/m0/s1. The summed E-state index contributed by atoms with van der Waals surface area (Å²) in [7, 11) is -2.34. The van der Waals surface area contributed by atoms with Crippen molar-refractivity contribution in [1.82, 2.24) is 5.32 Å². The third-order valence-corrected chi connectivity index (χ3v) is 9.73. The Bertz CT molecular complexity index is 1220. The smallest absolute Gasteiger partial charge is 0.264 e. The van der Waals surface area contributed by atoms with Crippen LogP contribution in [0.25, 0.3) is 0 Å². The Kier molecular flexibility index (Phi) is 9.24. The van der Waals surface area contributed by atoms with Crippen LogP contribution in [0, 0.1) is 11.8 Å². The summed E-state index contributed by atoms with van der Waals surface area (Å²) in [6.45, 7) is 6.77. The zero-order chi connectivity index (χ0) is 28.2. The molecule has 1 spiro atoms. The predicted molar refractivity (Wildman–Crippen MR) is 151 cm³/mol. The maximum absolute atomic E-state index is 13.8. The van der Waals surface area contributed by atoms with Crippen LogP contribution >= 0.6 is 0 Å². The number of aliphatic hydroxyl groups excluding tert-OH is 1. The Morgan fingerprint density at radius 1 is 1.15 bits per heavy atom. The highest BCUT2D eigenvalue weighted by molar-refractivity contribution is 7.92. The molecule has 214 valence electrons. The highest BCUT2D eigenvalue weighted by atomic mass is 32.2. The normalized spacial score (nSPS) is 22.7. The Hall–Kier alpha value is -2.62. The number of methoxy groups -OCH3 is 1. The van der Waals surface area contributed by atoms with Gasteiger partial charge in [-0.15, -0.1) is 0 Å². The van der Waals surface area contributed by atoms with E-state index in [1.807, 2.05) is 26.0 Å². The van der Waals surface area contributed by atoms with Gasteiger partial charge in [0.2, 0.25) is 5.91 Å². The molecule has 1 saturated carbocycles. The number of ether oxygens (including phenoxy) is 2. The number of aliphatic hydroxyl groups is 1. The number of carbonyl (C=O) groups is 1. The van der Waals surface area contributed by atoms with Crippen molar-refractivity contribution in [2.75, 3.05) is 24.6 Å². The first kappa shape index (κ1) is 29.4. The van der Waals surface area contributed by atoms with Crippen molar-refractivity contribution in [2.45, 2.75) is 81.9 Å². The van der Waals surface area contributed by atoms with Crippen LogP contribution in [0.1, 0.15) is 58.4 Å². The molecule has 2 fully saturated rings. The number of nitrogens with one attached hydrogen (secondary N) is 1. The molecular formula is C30H42N2O6S. The summed E-state index contributed by atoms with van der Waals surface area (Å²) in [5.74, 6) is 0.479. The van der Waals surface area contributed by atoms with Crippen molar-refractivity contribution >= 4 is 21.6 Å². The van der Waals surface area contributed by atoms with E-state index in [0.717, 1.165) is 38.7 Å². The Morgan fingerprint density at radius 2 is 1.87 bits per heavy atom. The lowest BCUT2D eigenvalue weighted by molar-refractivity contribution is -0.127. The zero-order valence-corrected chi connectivity index (χ0v) is 24.2. The maximum Gasteiger partial charge on any atom is 0.264 e. The van der Waals surface area contributed by atoms with E-state index in [-0.39, 0.29) is 41.2 Å². The molecule has 1 heterocycles. The van der Waals surface area contributed by atoms with Gasteiger partial charge in [0, 0.05) is 25.5 Å². The van der Waals surface area contributed by atoms with Crippen LogP contribution in [0.15, 0.2) is 53.4 Å². The Morgan fingerprint density at radius 3 is 2.51 bits per heavy atom. The molecule has 4 atom stereocenters. The van der Waals surface area contributed by atoms with E-state index < -0.39 is 22.2 Å². The minimum atomic E-state index is -3.88. The lowest BCUT2D eigenvalue weighted by Gasteiger charge is -2.29. The van der Waals surface area contributed by atoms with Crippen LogP contribution in [0.4, 0.5) is 5.69 Å². The van der Waals surface area contributed by atoms with E-state index in [1.165, 1.54) is 11.4 Å². The molecule has 8 nitrogen and oxygen atoms in total. The number of benzene rings is 2. The summed E-state index contributed by atoms with van der Waals surface area (Å²) >= 11 is 0. The van der Waals surface area contributed by atoms with Gasteiger partial charge >= 0.3 is 0 Å². The Balaban J connectivity index is 1.50. The third kappa shape index (κ3) is 6.76. The topological polar surface area (TPSA) is 105 Å². The van der Waals surface area contributed by atoms with Crippen LogP contribution in [0.2, 0.25) is 0 Å². The van der Waals surface area contributed by atoms with E-state index in [1.54, 1.807) is 43.3 Å². The van der Waals surface area contributed by atoms with E-state index >= 15 is 0 Å². The quantitative estimate of drug-likeness (QED) is 0.426. The molecule has 2 aliphatic rings. The molecule has 2 N–H and O–H groups in total. The van der Waals surface area contributed by atoms with Gasteiger partial charge in [0.1, 0.15) is 5.75 Å². The van der Waals surface area contributed by atoms with E-state index in [2.05, 4.69) is 5.32 Å². The van der Waals surface area contributed by atoms with Gasteiger partial charge in [-0.2, -0.15) is 0 Å². The van der Waals surface area contributed by atoms with Crippen molar-refractivity contribution < 1.29 is 27.8 Å². The molecule has 0 radical (unpaired) electrons. The number of anilines is 1. The van der Waals surface area contributed by atoms with Crippen molar-refractivity contribution in [1.29, 1.82) is 0 Å². The monoisotopic (exact) mass is 558 g/mol. The third-order valence-electron chi connectivity index (χ3n) is 7.94. The minimum Gasteiger partial charge on any atom is -0.497 e. The molecule has 1 aliphatic heterocycles. The summed E-state index contributed by atoms with van der Waals surface area (Å²) in [6, 6.07) is 13.1. The lowest BCUT2D eigenvalue weighted by Crippen LogP contribution is -2.44. The SMILES string of the molecule is COc1ccc(S(=O)(=O)N(CC(C)C)c2ccccc2C[C@@H](O)[C@H](C)NC(=O)C2CCC3(CCCO3)C2)cc1. The molecule has 1 amide bonds. The van der Waals surface area contributed by atoms with Gasteiger partial charge in [0.25, 0.3) is 10.0 Å². The second kappa shape index (κ2) is 12.3. The summed E-state index contributed by atoms with van der Waals surface area (Å²) < 4.78 is 40.2. The van der Waals surface area contributed by atoms with E-state index in [4.69, 9.17) is 9.47 Å². The lowest BCUT2D eigenvalue weighted by atomic mass is 9.96. The molecule has 39 heavy (non-hydrogen) atoms. The number of sulfonamides is 1. The van der Waals surface area contributed by atoms with Crippen molar-refractivity contribution in [3.63, 3.8) is 0 Å². The molecule has 2 aromatic rings. The summed E-state index contributed by atoms with van der Waals surface area (Å²) in [5, 5.41) is 14.1. The molecule has 4 rings (SSSR count). The number of hydrogen-bond donors (Lipinski definition) is 2. The van der Waals surface area contributed by atoms with Crippen LogP contribution in [0.5, 0.6) is 5.75 Å². The summed E-state index contributed by atoms with van der Waals surface area (Å²) in [4.78, 5) is 13.2. The fourth-order valence-electron chi connectivity index (χ4n) is 5.73. The molecule has 0 bridgehead atoms. The number of carbonyl (C=O) groups excluding carboxylic acids is 1. The molecule has 2 aromatic carbocycles. The highest BCUT2D eigenvalue weighted by Crippen LogP contribution is 2.44. The first-order valence-electron chi connectivity index (χ1n) is 13.9. The molecule has 1 aliphatic carbocycles. The first-order chi connectivity index (χ1) is 18.5. The summed E-state index contributed by atoms with van der Waals surface area (Å²) in [5.41, 5.74) is 1.08. The van der Waals surface area contributed by atoms with Crippen molar-refractivity contribution in [3.8, 4) is 5.75 Å². The van der Waals surface area contributed by atoms with Gasteiger partial charge < -0.3 is 19.9 Å². The van der Waals surface area contributed by atoms with Gasteiger partial charge in [-0.05, 0) is 80.8 Å². The maximum atomic E-state index is 13.8. The van der Waals surface area contributed by atoms with Gasteiger partial charge in [-0.1, -0.05) is 32.0 Å². The second-order valence-corrected chi connectivity index (χ2v) is 13.2. The average Bonchev–Trinajstić information content (AvgIpc) is 3.57. The number of para-hydroxylation sites is 1. The highest BCUT2D eigenvalue weighted by Gasteiger charge is 2.45. The fourth-order valence-corrected chi connectivity index (χ4v) is 7.39. The second-order valence-electron chi connectivity index (χ2n) is 11.4. The summed E-state index contributed by atoms with van der Waals surface area (Å²) in [6.07, 6.45) is 3.80. The average molecular weight is 559 g/mol.